The van der Waals surface area contributed by atoms with Crippen molar-refractivity contribution in [2.45, 2.75) is 37.1 Å². The molecule has 1 aliphatic carbocycles. The van der Waals surface area contributed by atoms with Crippen LogP contribution in [0, 0.1) is 0 Å². The van der Waals surface area contributed by atoms with Gasteiger partial charge in [0.1, 0.15) is 0 Å². The first-order chi connectivity index (χ1) is 16.8. The molecule has 3 aromatic carbocycles. The van der Waals surface area contributed by atoms with E-state index >= 15 is 0 Å². The maximum Gasteiger partial charge on any atom is 0.417 e. The zero-order chi connectivity index (χ0) is 24.6. The van der Waals surface area contributed by atoms with Crippen LogP contribution in [0.4, 0.5) is 18.9 Å². The Hall–Kier alpha value is -3.10. The van der Waals surface area contributed by atoms with Crippen LogP contribution in [0.25, 0.3) is 10.8 Å². The van der Waals surface area contributed by atoms with Gasteiger partial charge in [-0.25, -0.2) is 4.79 Å². The number of carbonyl (C=O) groups is 1. The van der Waals surface area contributed by atoms with Crippen LogP contribution in [-0.2, 0) is 16.5 Å². The predicted octanol–water partition coefficient (Wildman–Crippen LogP) is 5.43. The molecule has 3 aromatic rings. The number of morpholine rings is 1. The smallest absolute Gasteiger partial charge is 0.417 e. The number of alkyl halides is 3. The summed E-state index contributed by atoms with van der Waals surface area (Å²) in [6, 6.07) is 18.2. The van der Waals surface area contributed by atoms with Gasteiger partial charge in [-0.05, 0) is 60.3 Å². The fraction of sp³-hybridized carbons (Fsp3) is 0.370. The number of nitrogens with zero attached hydrogens (tertiary/aromatic N) is 1. The average Bonchev–Trinajstić information content (AvgIpc) is 3.63. The lowest BCUT2D eigenvalue weighted by Gasteiger charge is -2.35. The number of ether oxygens (including phenoxy) is 1. The fourth-order valence-corrected chi connectivity index (χ4v) is 5.06. The van der Waals surface area contributed by atoms with Crippen molar-refractivity contribution in [3.05, 3.63) is 77.4 Å². The van der Waals surface area contributed by atoms with Gasteiger partial charge in [0.15, 0.2) is 0 Å². The van der Waals surface area contributed by atoms with Crippen LogP contribution in [-0.4, -0.2) is 43.4 Å². The van der Waals surface area contributed by atoms with Gasteiger partial charge in [0.2, 0.25) is 0 Å². The third-order valence-electron chi connectivity index (χ3n) is 7.03. The zero-order valence-corrected chi connectivity index (χ0v) is 19.1. The van der Waals surface area contributed by atoms with Crippen molar-refractivity contribution in [3.63, 3.8) is 0 Å². The SMILES string of the molecule is O=C(O)c1ccc(N2CCOC(CCNC3(c4cccc5ccccc45)CC3)C2)cc1C(F)(F)F. The van der Waals surface area contributed by atoms with E-state index in [-0.39, 0.29) is 11.6 Å². The Morgan fingerprint density at radius 1 is 1.11 bits per heavy atom. The topological polar surface area (TPSA) is 61.8 Å². The number of hydrogen-bond acceptors (Lipinski definition) is 4. The van der Waals surface area contributed by atoms with Crippen LogP contribution in [0.3, 0.4) is 0 Å². The summed E-state index contributed by atoms with van der Waals surface area (Å²) in [5.74, 6) is -1.59. The first-order valence-corrected chi connectivity index (χ1v) is 11.8. The monoisotopic (exact) mass is 484 g/mol. The normalized spacial score (nSPS) is 19.6. The minimum Gasteiger partial charge on any atom is -0.478 e. The number of carboxylic acid groups (broad SMARTS) is 1. The van der Waals surface area contributed by atoms with E-state index in [1.54, 1.807) is 0 Å². The number of halogens is 3. The molecule has 5 rings (SSSR count). The van der Waals surface area contributed by atoms with Gasteiger partial charge in [0, 0.05) is 24.3 Å². The second kappa shape index (κ2) is 9.17. The summed E-state index contributed by atoms with van der Waals surface area (Å²) in [6.45, 7) is 2.04. The highest BCUT2D eigenvalue weighted by atomic mass is 19.4. The van der Waals surface area contributed by atoms with Gasteiger partial charge in [-0.15, -0.1) is 0 Å². The van der Waals surface area contributed by atoms with Crippen LogP contribution in [0.5, 0.6) is 0 Å². The number of hydrogen-bond donors (Lipinski definition) is 2. The Kier molecular flexibility index (Phi) is 6.19. The molecule has 1 saturated carbocycles. The molecule has 0 spiro atoms. The van der Waals surface area contributed by atoms with E-state index in [1.807, 2.05) is 11.0 Å². The lowest BCUT2D eigenvalue weighted by molar-refractivity contribution is -0.138. The van der Waals surface area contributed by atoms with Crippen LogP contribution >= 0.6 is 0 Å². The summed E-state index contributed by atoms with van der Waals surface area (Å²) in [5, 5.41) is 15.3. The van der Waals surface area contributed by atoms with Crippen molar-refractivity contribution < 1.29 is 27.8 Å². The molecule has 0 bridgehead atoms. The van der Waals surface area contributed by atoms with Crippen molar-refractivity contribution >= 4 is 22.4 Å². The van der Waals surface area contributed by atoms with Gasteiger partial charge in [0.25, 0.3) is 0 Å². The number of carboxylic acids is 1. The Morgan fingerprint density at radius 2 is 1.89 bits per heavy atom. The molecule has 0 radical (unpaired) electrons. The van der Waals surface area contributed by atoms with Crippen molar-refractivity contribution in [2.75, 3.05) is 31.1 Å². The highest BCUT2D eigenvalue weighted by molar-refractivity contribution is 5.90. The molecular formula is C27H27F3N2O3. The average molecular weight is 485 g/mol. The highest BCUT2D eigenvalue weighted by Gasteiger charge is 2.44. The third-order valence-corrected chi connectivity index (χ3v) is 7.03. The molecule has 184 valence electrons. The molecule has 2 aliphatic rings. The lowest BCUT2D eigenvalue weighted by atomic mass is 9.97. The summed E-state index contributed by atoms with van der Waals surface area (Å²) < 4.78 is 46.2. The highest BCUT2D eigenvalue weighted by Crippen LogP contribution is 2.47. The quantitative estimate of drug-likeness (QED) is 0.468. The largest absolute Gasteiger partial charge is 0.478 e. The van der Waals surface area contributed by atoms with Gasteiger partial charge >= 0.3 is 12.1 Å². The Morgan fingerprint density at radius 3 is 2.63 bits per heavy atom. The van der Waals surface area contributed by atoms with E-state index in [4.69, 9.17) is 9.84 Å². The molecule has 1 atom stereocenters. The van der Waals surface area contributed by atoms with Gasteiger partial charge < -0.3 is 20.1 Å². The van der Waals surface area contributed by atoms with Crippen molar-refractivity contribution in [1.29, 1.82) is 0 Å². The van der Waals surface area contributed by atoms with Gasteiger partial charge in [-0.1, -0.05) is 42.5 Å². The number of nitrogens with one attached hydrogen (secondary N) is 1. The maximum atomic E-state index is 13.4. The predicted molar refractivity (Wildman–Crippen MR) is 128 cm³/mol. The lowest BCUT2D eigenvalue weighted by Crippen LogP contribution is -2.44. The molecular weight excluding hydrogens is 457 g/mol. The first kappa shape index (κ1) is 23.6. The summed E-state index contributed by atoms with van der Waals surface area (Å²) in [7, 11) is 0. The number of fused-ring (bicyclic) bond motifs is 1. The van der Waals surface area contributed by atoms with E-state index in [2.05, 4.69) is 41.7 Å². The molecule has 1 saturated heterocycles. The molecule has 0 aromatic heterocycles. The summed E-state index contributed by atoms with van der Waals surface area (Å²) in [6.07, 6.45) is -2.01. The van der Waals surface area contributed by atoms with Crippen LogP contribution in [0.2, 0.25) is 0 Å². The van der Waals surface area contributed by atoms with Crippen LogP contribution in [0.15, 0.2) is 60.7 Å². The van der Waals surface area contributed by atoms with E-state index in [9.17, 15) is 18.0 Å². The molecule has 2 N–H and O–H groups in total. The summed E-state index contributed by atoms with van der Waals surface area (Å²) in [5.41, 5.74) is -0.238. The Balaban J connectivity index is 1.24. The molecule has 0 amide bonds. The minimum atomic E-state index is -4.74. The second-order valence-electron chi connectivity index (χ2n) is 9.30. The molecule has 35 heavy (non-hydrogen) atoms. The van der Waals surface area contributed by atoms with Gasteiger partial charge in [0.05, 0.1) is 23.8 Å². The van der Waals surface area contributed by atoms with Crippen molar-refractivity contribution in [1.82, 2.24) is 5.32 Å². The Labute approximate surface area is 201 Å². The number of anilines is 1. The van der Waals surface area contributed by atoms with Crippen molar-refractivity contribution in [3.8, 4) is 0 Å². The fourth-order valence-electron chi connectivity index (χ4n) is 5.06. The summed E-state index contributed by atoms with van der Waals surface area (Å²) >= 11 is 0. The van der Waals surface area contributed by atoms with E-state index in [1.165, 1.54) is 22.4 Å². The second-order valence-corrected chi connectivity index (χ2v) is 9.30. The molecule has 8 heteroatoms. The molecule has 1 aliphatic heterocycles. The molecule has 5 nitrogen and oxygen atoms in total. The van der Waals surface area contributed by atoms with Gasteiger partial charge in [-0.3, -0.25) is 0 Å². The molecule has 1 heterocycles. The van der Waals surface area contributed by atoms with E-state index < -0.39 is 23.3 Å². The zero-order valence-electron chi connectivity index (χ0n) is 19.1. The van der Waals surface area contributed by atoms with Crippen molar-refractivity contribution in [2.24, 2.45) is 0 Å². The summed E-state index contributed by atoms with van der Waals surface area (Å²) in [4.78, 5) is 13.1. The van der Waals surface area contributed by atoms with E-state index in [0.29, 0.717) is 25.4 Å². The van der Waals surface area contributed by atoms with Crippen LogP contribution in [0.1, 0.15) is 40.7 Å². The standard InChI is InChI=1S/C27H27F3N2O3/c28-27(29,30)24-16-19(8-9-22(24)25(33)34)32-14-15-35-20(17-32)10-13-31-26(11-12-26)23-7-3-5-18-4-1-2-6-21(18)23/h1-9,16,20,31H,10-15,17H2,(H,33,34). The molecule has 1 unspecified atom stereocenters. The van der Waals surface area contributed by atoms with E-state index in [0.717, 1.165) is 37.9 Å². The number of aromatic carboxylic acids is 1. The first-order valence-electron chi connectivity index (χ1n) is 11.8. The van der Waals surface area contributed by atoms with Crippen LogP contribution < -0.4 is 10.2 Å². The number of rotatable bonds is 7. The molecule has 2 fully saturated rings. The third kappa shape index (κ3) is 4.86. The minimum absolute atomic E-state index is 0.0382. The maximum absolute atomic E-state index is 13.4. The van der Waals surface area contributed by atoms with Gasteiger partial charge in [-0.2, -0.15) is 13.2 Å². The Bertz CT molecular complexity index is 1230. The number of benzene rings is 3.